The number of carbonyl (C=O) groups excluding carboxylic acids is 1. The summed E-state index contributed by atoms with van der Waals surface area (Å²) < 4.78 is 5.20. The summed E-state index contributed by atoms with van der Waals surface area (Å²) in [6, 6.07) is 0. The Kier molecular flexibility index (Phi) is 7.43. The standard InChI is InChI=1S/C13H26O5/c1-9(2)5-6-11(16)18-12(10(3)4)13(17,7-14)8-15/h9-10,12,14-15,17H,5-8H2,1-4H3. The molecule has 0 spiro atoms. The quantitative estimate of drug-likeness (QED) is 0.561. The van der Waals surface area contributed by atoms with Crippen LogP contribution in [0.5, 0.6) is 0 Å². The van der Waals surface area contributed by atoms with Gasteiger partial charge in [-0.15, -0.1) is 0 Å². The first kappa shape index (κ1) is 17.4. The number of hydrogen-bond donors (Lipinski definition) is 3. The monoisotopic (exact) mass is 262 g/mol. The highest BCUT2D eigenvalue weighted by atomic mass is 16.6. The molecule has 0 bridgehead atoms. The van der Waals surface area contributed by atoms with Gasteiger partial charge in [0.1, 0.15) is 11.7 Å². The van der Waals surface area contributed by atoms with Crippen LogP contribution in [0.2, 0.25) is 0 Å². The molecule has 1 atom stereocenters. The van der Waals surface area contributed by atoms with Crippen LogP contribution >= 0.6 is 0 Å². The van der Waals surface area contributed by atoms with E-state index in [4.69, 9.17) is 14.9 Å². The maximum Gasteiger partial charge on any atom is 0.306 e. The van der Waals surface area contributed by atoms with E-state index in [0.717, 1.165) is 0 Å². The fraction of sp³-hybridized carbons (Fsp3) is 0.923. The van der Waals surface area contributed by atoms with Gasteiger partial charge in [0.05, 0.1) is 13.2 Å². The first-order chi connectivity index (χ1) is 8.26. The van der Waals surface area contributed by atoms with Gasteiger partial charge in [-0.1, -0.05) is 27.7 Å². The van der Waals surface area contributed by atoms with Crippen LogP contribution in [-0.2, 0) is 9.53 Å². The summed E-state index contributed by atoms with van der Waals surface area (Å²) in [6.07, 6.45) is 0.0703. The van der Waals surface area contributed by atoms with Gasteiger partial charge in [0, 0.05) is 6.42 Å². The number of aliphatic hydroxyl groups excluding tert-OH is 2. The molecule has 0 aliphatic carbocycles. The van der Waals surface area contributed by atoms with Gasteiger partial charge < -0.3 is 20.1 Å². The Morgan fingerprint density at radius 3 is 2.00 bits per heavy atom. The minimum Gasteiger partial charge on any atom is -0.459 e. The lowest BCUT2D eigenvalue weighted by Crippen LogP contribution is -2.53. The molecule has 18 heavy (non-hydrogen) atoms. The zero-order valence-corrected chi connectivity index (χ0v) is 11.7. The van der Waals surface area contributed by atoms with Crippen molar-refractivity contribution in [3.05, 3.63) is 0 Å². The third kappa shape index (κ3) is 5.33. The molecule has 0 aliphatic rings. The second-order valence-corrected chi connectivity index (χ2v) is 5.51. The summed E-state index contributed by atoms with van der Waals surface area (Å²) in [6.45, 7) is 6.23. The van der Waals surface area contributed by atoms with Crippen LogP contribution in [0.1, 0.15) is 40.5 Å². The van der Waals surface area contributed by atoms with Gasteiger partial charge in [-0.25, -0.2) is 0 Å². The Hall–Kier alpha value is -0.650. The fourth-order valence-corrected chi connectivity index (χ4v) is 1.70. The number of esters is 1. The Bertz CT molecular complexity index is 246. The van der Waals surface area contributed by atoms with Crippen molar-refractivity contribution >= 4 is 5.97 Å². The highest BCUT2D eigenvalue weighted by molar-refractivity contribution is 5.69. The van der Waals surface area contributed by atoms with Crippen LogP contribution in [-0.4, -0.2) is 46.2 Å². The number of ether oxygens (including phenoxy) is 1. The Morgan fingerprint density at radius 1 is 1.17 bits per heavy atom. The van der Waals surface area contributed by atoms with Gasteiger partial charge in [-0.3, -0.25) is 4.79 Å². The van der Waals surface area contributed by atoms with Crippen molar-refractivity contribution in [1.82, 2.24) is 0 Å². The molecule has 0 saturated carbocycles. The van der Waals surface area contributed by atoms with E-state index in [2.05, 4.69) is 0 Å². The van der Waals surface area contributed by atoms with E-state index >= 15 is 0 Å². The first-order valence-corrected chi connectivity index (χ1v) is 6.40. The van der Waals surface area contributed by atoms with E-state index in [1.165, 1.54) is 0 Å². The molecule has 0 saturated heterocycles. The lowest BCUT2D eigenvalue weighted by Gasteiger charge is -2.35. The normalized spacial score (nSPS) is 14.1. The van der Waals surface area contributed by atoms with E-state index in [9.17, 15) is 9.90 Å². The predicted octanol–water partition coefficient (Wildman–Crippen LogP) is 0.706. The van der Waals surface area contributed by atoms with Crippen LogP contribution in [0.4, 0.5) is 0 Å². The van der Waals surface area contributed by atoms with Gasteiger partial charge >= 0.3 is 5.97 Å². The van der Waals surface area contributed by atoms with Crippen LogP contribution in [0.3, 0.4) is 0 Å². The Morgan fingerprint density at radius 2 is 1.67 bits per heavy atom. The number of hydrogen-bond acceptors (Lipinski definition) is 5. The molecule has 1 unspecified atom stereocenters. The molecule has 0 heterocycles. The molecule has 0 rings (SSSR count). The van der Waals surface area contributed by atoms with Crippen molar-refractivity contribution in [3.8, 4) is 0 Å². The van der Waals surface area contributed by atoms with E-state index in [1.54, 1.807) is 13.8 Å². The average molecular weight is 262 g/mol. The van der Waals surface area contributed by atoms with E-state index in [1.807, 2.05) is 13.8 Å². The van der Waals surface area contributed by atoms with Gasteiger partial charge in [0.15, 0.2) is 0 Å². The van der Waals surface area contributed by atoms with E-state index in [0.29, 0.717) is 12.3 Å². The molecular formula is C13H26O5. The predicted molar refractivity (Wildman–Crippen MR) is 67.9 cm³/mol. The minimum atomic E-state index is -1.79. The molecule has 3 N–H and O–H groups in total. The second-order valence-electron chi connectivity index (χ2n) is 5.51. The van der Waals surface area contributed by atoms with Crippen molar-refractivity contribution in [2.45, 2.75) is 52.2 Å². The topological polar surface area (TPSA) is 87.0 Å². The first-order valence-electron chi connectivity index (χ1n) is 6.40. The molecule has 0 fully saturated rings. The summed E-state index contributed by atoms with van der Waals surface area (Å²) in [7, 11) is 0. The molecule has 0 amide bonds. The maximum absolute atomic E-state index is 11.6. The van der Waals surface area contributed by atoms with Crippen molar-refractivity contribution < 1.29 is 24.9 Å². The number of rotatable bonds is 8. The molecule has 108 valence electrons. The lowest BCUT2D eigenvalue weighted by atomic mass is 9.90. The van der Waals surface area contributed by atoms with Gasteiger partial charge in [-0.2, -0.15) is 0 Å². The molecule has 0 aromatic rings. The van der Waals surface area contributed by atoms with Gasteiger partial charge in [-0.05, 0) is 18.3 Å². The largest absolute Gasteiger partial charge is 0.459 e. The van der Waals surface area contributed by atoms with E-state index in [-0.39, 0.29) is 12.3 Å². The summed E-state index contributed by atoms with van der Waals surface area (Å²) in [5, 5.41) is 28.3. The summed E-state index contributed by atoms with van der Waals surface area (Å²) >= 11 is 0. The summed E-state index contributed by atoms with van der Waals surface area (Å²) in [4.78, 5) is 11.6. The molecule has 0 aromatic carbocycles. The molecule has 5 nitrogen and oxygen atoms in total. The maximum atomic E-state index is 11.6. The molecule has 5 heteroatoms. The second kappa shape index (κ2) is 7.71. The molecule has 0 aliphatic heterocycles. The van der Waals surface area contributed by atoms with Crippen LogP contribution in [0.15, 0.2) is 0 Å². The zero-order chi connectivity index (χ0) is 14.3. The van der Waals surface area contributed by atoms with Crippen molar-refractivity contribution in [2.24, 2.45) is 11.8 Å². The van der Waals surface area contributed by atoms with Gasteiger partial charge in [0.2, 0.25) is 0 Å². The highest BCUT2D eigenvalue weighted by Crippen LogP contribution is 2.22. The Balaban J connectivity index is 4.58. The minimum absolute atomic E-state index is 0.197. The summed E-state index contributed by atoms with van der Waals surface area (Å²) in [5.74, 6) is -0.218. The lowest BCUT2D eigenvalue weighted by molar-refractivity contribution is -0.185. The smallest absolute Gasteiger partial charge is 0.306 e. The zero-order valence-electron chi connectivity index (χ0n) is 11.7. The number of aliphatic hydroxyl groups is 3. The van der Waals surface area contributed by atoms with Crippen molar-refractivity contribution in [2.75, 3.05) is 13.2 Å². The highest BCUT2D eigenvalue weighted by Gasteiger charge is 2.40. The van der Waals surface area contributed by atoms with Crippen LogP contribution in [0, 0.1) is 11.8 Å². The summed E-state index contributed by atoms with van der Waals surface area (Å²) in [5.41, 5.74) is -1.79. The fourth-order valence-electron chi connectivity index (χ4n) is 1.70. The third-order valence-electron chi connectivity index (χ3n) is 2.87. The van der Waals surface area contributed by atoms with Crippen LogP contribution in [0.25, 0.3) is 0 Å². The van der Waals surface area contributed by atoms with Crippen molar-refractivity contribution in [3.63, 3.8) is 0 Å². The van der Waals surface area contributed by atoms with Crippen molar-refractivity contribution in [1.29, 1.82) is 0 Å². The Labute approximate surface area is 109 Å². The molecule has 0 radical (unpaired) electrons. The molecular weight excluding hydrogens is 236 g/mol. The SMILES string of the molecule is CC(C)CCC(=O)OC(C(C)C)C(O)(CO)CO. The third-order valence-corrected chi connectivity index (χ3v) is 2.87. The number of carbonyl (C=O) groups is 1. The van der Waals surface area contributed by atoms with E-state index < -0.39 is 30.9 Å². The van der Waals surface area contributed by atoms with Gasteiger partial charge in [0.25, 0.3) is 0 Å². The van der Waals surface area contributed by atoms with Crippen LogP contribution < -0.4 is 0 Å². The molecule has 0 aromatic heterocycles. The average Bonchev–Trinajstić information content (AvgIpc) is 2.32.